The van der Waals surface area contributed by atoms with Crippen molar-refractivity contribution in [2.45, 2.75) is 39.0 Å². The fraction of sp³-hybridized carbons (Fsp3) is 0.533. The molecule has 1 rings (SSSR count). The van der Waals surface area contributed by atoms with E-state index < -0.39 is 0 Å². The van der Waals surface area contributed by atoms with E-state index in [-0.39, 0.29) is 11.3 Å². The molecule has 0 radical (unpaired) electrons. The first-order valence-corrected chi connectivity index (χ1v) is 6.87. The summed E-state index contributed by atoms with van der Waals surface area (Å²) in [5.74, 6) is 0.780. The van der Waals surface area contributed by atoms with Crippen molar-refractivity contribution < 1.29 is 4.79 Å². The lowest BCUT2D eigenvalue weighted by molar-refractivity contribution is 0.0952. The third kappa shape index (κ3) is 4.34. The van der Waals surface area contributed by atoms with E-state index in [1.54, 1.807) is 0 Å². The molecule has 0 heterocycles. The Morgan fingerprint density at radius 1 is 1.17 bits per heavy atom. The van der Waals surface area contributed by atoms with Gasteiger partial charge < -0.3 is 5.32 Å². The molecule has 1 atom stereocenters. The Labute approximate surface area is 115 Å². The minimum atomic E-state index is -0.0587. The number of alkyl halides is 1. The maximum absolute atomic E-state index is 11.9. The summed E-state index contributed by atoms with van der Waals surface area (Å²) in [6.45, 7) is 8.86. The quantitative estimate of drug-likeness (QED) is 0.808. The van der Waals surface area contributed by atoms with E-state index in [1.807, 2.05) is 38.1 Å². The van der Waals surface area contributed by atoms with Gasteiger partial charge in [-0.15, -0.1) is 11.6 Å². The zero-order valence-corrected chi connectivity index (χ0v) is 12.3. The summed E-state index contributed by atoms with van der Waals surface area (Å²) < 4.78 is 0. The molecule has 0 fully saturated rings. The van der Waals surface area contributed by atoms with Gasteiger partial charge >= 0.3 is 0 Å². The average molecular weight is 268 g/mol. The SMILES string of the molecule is CC(C)c1ccc(C(=O)NCC(Cl)C(C)C)cc1. The first kappa shape index (κ1) is 15.0. The number of rotatable bonds is 5. The third-order valence-electron chi connectivity index (χ3n) is 3.02. The van der Waals surface area contributed by atoms with Gasteiger partial charge in [-0.1, -0.05) is 39.8 Å². The number of benzene rings is 1. The molecule has 18 heavy (non-hydrogen) atoms. The number of nitrogens with one attached hydrogen (secondary N) is 1. The molecule has 0 aliphatic rings. The van der Waals surface area contributed by atoms with Crippen LogP contribution in [0.15, 0.2) is 24.3 Å². The van der Waals surface area contributed by atoms with E-state index in [1.165, 1.54) is 5.56 Å². The van der Waals surface area contributed by atoms with Crippen molar-refractivity contribution in [3.8, 4) is 0 Å². The molecule has 0 saturated heterocycles. The van der Waals surface area contributed by atoms with E-state index in [9.17, 15) is 4.79 Å². The van der Waals surface area contributed by atoms with E-state index in [4.69, 9.17) is 11.6 Å². The first-order chi connectivity index (χ1) is 8.41. The molecular weight excluding hydrogens is 246 g/mol. The van der Waals surface area contributed by atoms with E-state index in [0.29, 0.717) is 23.9 Å². The summed E-state index contributed by atoms with van der Waals surface area (Å²) in [5.41, 5.74) is 1.93. The van der Waals surface area contributed by atoms with Crippen LogP contribution in [0.4, 0.5) is 0 Å². The average Bonchev–Trinajstić information content (AvgIpc) is 2.35. The molecular formula is C15H22ClNO. The minimum absolute atomic E-state index is 0.0242. The maximum Gasteiger partial charge on any atom is 0.251 e. The summed E-state index contributed by atoms with van der Waals surface area (Å²) in [4.78, 5) is 11.9. The third-order valence-corrected chi connectivity index (χ3v) is 3.68. The summed E-state index contributed by atoms with van der Waals surface area (Å²) in [6.07, 6.45) is 0. The van der Waals surface area contributed by atoms with Crippen molar-refractivity contribution in [1.82, 2.24) is 5.32 Å². The van der Waals surface area contributed by atoms with E-state index in [2.05, 4.69) is 19.2 Å². The highest BCUT2D eigenvalue weighted by Gasteiger charge is 2.12. The molecule has 1 aromatic rings. The number of hydrogen-bond acceptors (Lipinski definition) is 1. The second kappa shape index (κ2) is 6.79. The van der Waals surface area contributed by atoms with Crippen molar-refractivity contribution in [2.24, 2.45) is 5.92 Å². The molecule has 1 unspecified atom stereocenters. The van der Waals surface area contributed by atoms with Crippen molar-refractivity contribution in [3.63, 3.8) is 0 Å². The van der Waals surface area contributed by atoms with Crippen LogP contribution >= 0.6 is 11.6 Å². The Kier molecular flexibility index (Phi) is 5.67. The summed E-state index contributed by atoms with van der Waals surface area (Å²) in [6, 6.07) is 7.73. The molecule has 100 valence electrons. The van der Waals surface area contributed by atoms with Crippen LogP contribution < -0.4 is 5.32 Å². The van der Waals surface area contributed by atoms with Gasteiger partial charge in [0.1, 0.15) is 0 Å². The lowest BCUT2D eigenvalue weighted by Gasteiger charge is -2.14. The highest BCUT2D eigenvalue weighted by molar-refractivity contribution is 6.21. The van der Waals surface area contributed by atoms with Crippen molar-refractivity contribution in [1.29, 1.82) is 0 Å². The van der Waals surface area contributed by atoms with Crippen LogP contribution in [0, 0.1) is 5.92 Å². The molecule has 0 saturated carbocycles. The molecule has 0 aliphatic carbocycles. The highest BCUT2D eigenvalue weighted by atomic mass is 35.5. The van der Waals surface area contributed by atoms with Gasteiger partial charge in [0, 0.05) is 12.1 Å². The molecule has 2 nitrogen and oxygen atoms in total. The monoisotopic (exact) mass is 267 g/mol. The topological polar surface area (TPSA) is 29.1 Å². The number of carbonyl (C=O) groups is 1. The van der Waals surface area contributed by atoms with Crippen LogP contribution in [0.5, 0.6) is 0 Å². The van der Waals surface area contributed by atoms with Crippen LogP contribution in [-0.4, -0.2) is 17.8 Å². The summed E-state index contributed by atoms with van der Waals surface area (Å²) >= 11 is 6.10. The lowest BCUT2D eigenvalue weighted by atomic mass is 10.0. The predicted molar refractivity (Wildman–Crippen MR) is 77.3 cm³/mol. The summed E-state index contributed by atoms with van der Waals surface area (Å²) in [7, 11) is 0. The standard InChI is InChI=1S/C15H22ClNO/c1-10(2)12-5-7-13(8-6-12)15(18)17-9-14(16)11(3)4/h5-8,10-11,14H,9H2,1-4H3,(H,17,18). The van der Waals surface area contributed by atoms with Crippen LogP contribution in [0.1, 0.15) is 49.5 Å². The zero-order chi connectivity index (χ0) is 13.7. The van der Waals surface area contributed by atoms with Crippen LogP contribution in [0.3, 0.4) is 0 Å². The Morgan fingerprint density at radius 3 is 2.17 bits per heavy atom. The molecule has 0 aliphatic heterocycles. The van der Waals surface area contributed by atoms with Gasteiger partial charge in [-0.05, 0) is 29.5 Å². The van der Waals surface area contributed by atoms with Crippen LogP contribution in [0.25, 0.3) is 0 Å². The smallest absolute Gasteiger partial charge is 0.251 e. The molecule has 1 N–H and O–H groups in total. The highest BCUT2D eigenvalue weighted by Crippen LogP contribution is 2.14. The van der Waals surface area contributed by atoms with Crippen molar-refractivity contribution in [2.75, 3.05) is 6.54 Å². The van der Waals surface area contributed by atoms with E-state index >= 15 is 0 Å². The largest absolute Gasteiger partial charge is 0.351 e. The van der Waals surface area contributed by atoms with Gasteiger partial charge in [0.25, 0.3) is 5.91 Å². The van der Waals surface area contributed by atoms with Gasteiger partial charge in [-0.3, -0.25) is 4.79 Å². The van der Waals surface area contributed by atoms with E-state index in [0.717, 1.165) is 0 Å². The fourth-order valence-electron chi connectivity index (χ4n) is 1.55. The molecule has 0 bridgehead atoms. The molecule has 3 heteroatoms. The molecule has 1 aromatic carbocycles. The molecule has 0 aromatic heterocycles. The Morgan fingerprint density at radius 2 is 1.72 bits per heavy atom. The van der Waals surface area contributed by atoms with Crippen LogP contribution in [0.2, 0.25) is 0 Å². The predicted octanol–water partition coefficient (Wildman–Crippen LogP) is 3.80. The van der Waals surface area contributed by atoms with Gasteiger partial charge in [-0.2, -0.15) is 0 Å². The Hall–Kier alpha value is -1.02. The number of hydrogen-bond donors (Lipinski definition) is 1. The normalized spacial score (nSPS) is 12.8. The van der Waals surface area contributed by atoms with Crippen LogP contribution in [-0.2, 0) is 0 Å². The zero-order valence-electron chi connectivity index (χ0n) is 11.5. The minimum Gasteiger partial charge on any atom is -0.351 e. The van der Waals surface area contributed by atoms with Gasteiger partial charge in [0.15, 0.2) is 0 Å². The van der Waals surface area contributed by atoms with Crippen molar-refractivity contribution >= 4 is 17.5 Å². The second-order valence-electron chi connectivity index (χ2n) is 5.25. The molecule has 1 amide bonds. The van der Waals surface area contributed by atoms with Gasteiger partial charge in [0.2, 0.25) is 0 Å². The lowest BCUT2D eigenvalue weighted by Crippen LogP contribution is -2.31. The number of halogens is 1. The first-order valence-electron chi connectivity index (χ1n) is 6.44. The maximum atomic E-state index is 11.9. The van der Waals surface area contributed by atoms with Gasteiger partial charge in [-0.25, -0.2) is 0 Å². The van der Waals surface area contributed by atoms with Crippen molar-refractivity contribution in [3.05, 3.63) is 35.4 Å². The Balaban J connectivity index is 2.57. The number of carbonyl (C=O) groups excluding carboxylic acids is 1. The fourth-order valence-corrected chi connectivity index (χ4v) is 1.62. The Bertz CT molecular complexity index is 384. The second-order valence-corrected chi connectivity index (χ2v) is 5.81. The number of amides is 1. The summed E-state index contributed by atoms with van der Waals surface area (Å²) in [5, 5.41) is 2.83. The molecule has 0 spiro atoms. The van der Waals surface area contributed by atoms with Gasteiger partial charge in [0.05, 0.1) is 5.38 Å².